The minimum atomic E-state index is 0.227. The van der Waals surface area contributed by atoms with Gasteiger partial charge in [-0.2, -0.15) is 0 Å². The van der Waals surface area contributed by atoms with Gasteiger partial charge in [-0.25, -0.2) is 0 Å². The molecule has 0 aliphatic rings. The smallest absolute Gasteiger partial charge is 0.0371 e. The largest absolute Gasteiger partial charge is 0.369 e. The molecule has 1 aromatic carbocycles. The van der Waals surface area contributed by atoms with Gasteiger partial charge in [0, 0.05) is 24.3 Å². The molecule has 0 heterocycles. The van der Waals surface area contributed by atoms with Gasteiger partial charge in [0.2, 0.25) is 0 Å². The van der Waals surface area contributed by atoms with Crippen molar-refractivity contribution in [3.63, 3.8) is 0 Å². The summed E-state index contributed by atoms with van der Waals surface area (Å²) in [5.41, 5.74) is 10.00. The molecule has 114 valence electrons. The lowest BCUT2D eigenvalue weighted by molar-refractivity contribution is 0.625. The van der Waals surface area contributed by atoms with E-state index in [1.54, 1.807) is 0 Å². The van der Waals surface area contributed by atoms with Crippen LogP contribution in [0.15, 0.2) is 18.2 Å². The molecule has 0 spiro atoms. The molecule has 1 aromatic rings. The molecule has 0 saturated heterocycles. The van der Waals surface area contributed by atoms with Crippen molar-refractivity contribution in [1.29, 1.82) is 0 Å². The van der Waals surface area contributed by atoms with E-state index in [0.717, 1.165) is 13.0 Å². The van der Waals surface area contributed by atoms with E-state index in [0.29, 0.717) is 6.04 Å². The van der Waals surface area contributed by atoms with Crippen LogP contribution in [-0.2, 0) is 6.42 Å². The third-order valence-corrected chi connectivity index (χ3v) is 3.83. The summed E-state index contributed by atoms with van der Waals surface area (Å²) in [6.07, 6.45) is 4.82. The van der Waals surface area contributed by atoms with E-state index in [4.69, 9.17) is 5.73 Å². The van der Waals surface area contributed by atoms with Gasteiger partial charge >= 0.3 is 0 Å². The van der Waals surface area contributed by atoms with Gasteiger partial charge in [-0.15, -0.1) is 0 Å². The van der Waals surface area contributed by atoms with Crippen LogP contribution in [-0.4, -0.2) is 18.6 Å². The van der Waals surface area contributed by atoms with E-state index in [1.165, 1.54) is 36.1 Å². The van der Waals surface area contributed by atoms with Crippen molar-refractivity contribution in [2.45, 2.75) is 72.4 Å². The van der Waals surface area contributed by atoms with Gasteiger partial charge < -0.3 is 10.6 Å². The Hall–Kier alpha value is -1.02. The molecule has 1 atom stereocenters. The maximum atomic E-state index is 5.91. The maximum absolute atomic E-state index is 5.91. The number of anilines is 1. The van der Waals surface area contributed by atoms with Crippen molar-refractivity contribution in [3.05, 3.63) is 29.3 Å². The molecule has 0 aliphatic heterocycles. The molecule has 1 rings (SSSR count). The van der Waals surface area contributed by atoms with Crippen molar-refractivity contribution >= 4 is 5.69 Å². The first-order valence-electron chi connectivity index (χ1n) is 8.07. The molecule has 0 aliphatic carbocycles. The quantitative estimate of drug-likeness (QED) is 0.718. The fraction of sp³-hybridized carbons (Fsp3) is 0.667. The van der Waals surface area contributed by atoms with Crippen molar-refractivity contribution < 1.29 is 0 Å². The van der Waals surface area contributed by atoms with E-state index in [-0.39, 0.29) is 6.04 Å². The average Bonchev–Trinajstić information content (AvgIpc) is 2.36. The number of nitrogens with zero attached hydrogens (tertiary/aromatic N) is 1. The predicted molar refractivity (Wildman–Crippen MR) is 90.5 cm³/mol. The highest BCUT2D eigenvalue weighted by Gasteiger charge is 2.11. The van der Waals surface area contributed by atoms with Gasteiger partial charge in [0.1, 0.15) is 0 Å². The Morgan fingerprint density at radius 3 is 2.35 bits per heavy atom. The second-order valence-corrected chi connectivity index (χ2v) is 6.29. The second kappa shape index (κ2) is 8.31. The van der Waals surface area contributed by atoms with E-state index in [1.807, 2.05) is 0 Å². The van der Waals surface area contributed by atoms with Crippen molar-refractivity contribution in [2.24, 2.45) is 5.73 Å². The summed E-state index contributed by atoms with van der Waals surface area (Å²) in [7, 11) is 0. The summed E-state index contributed by atoms with van der Waals surface area (Å²) in [5, 5.41) is 0. The molecule has 20 heavy (non-hydrogen) atoms. The molecule has 0 radical (unpaired) electrons. The van der Waals surface area contributed by atoms with Crippen LogP contribution in [0.25, 0.3) is 0 Å². The zero-order valence-electron chi connectivity index (χ0n) is 13.9. The Morgan fingerprint density at radius 1 is 1.15 bits per heavy atom. The Kier molecular flexibility index (Phi) is 7.08. The second-order valence-electron chi connectivity index (χ2n) is 6.29. The van der Waals surface area contributed by atoms with Crippen molar-refractivity contribution in [3.8, 4) is 0 Å². The molecular weight excluding hydrogens is 244 g/mol. The lowest BCUT2D eigenvalue weighted by atomic mass is 10.0. The first-order valence-corrected chi connectivity index (χ1v) is 8.07. The maximum Gasteiger partial charge on any atom is 0.0371 e. The number of hydrogen-bond acceptors (Lipinski definition) is 2. The first kappa shape index (κ1) is 17.0. The Labute approximate surface area is 125 Å². The molecule has 0 amide bonds. The monoisotopic (exact) mass is 276 g/mol. The predicted octanol–water partition coefficient (Wildman–Crippen LogP) is 4.29. The number of nitrogens with two attached hydrogens (primary N) is 1. The van der Waals surface area contributed by atoms with Crippen LogP contribution in [0.5, 0.6) is 0 Å². The summed E-state index contributed by atoms with van der Waals surface area (Å²) >= 11 is 0. The zero-order valence-corrected chi connectivity index (χ0v) is 13.9. The van der Waals surface area contributed by atoms with Gasteiger partial charge in [-0.1, -0.05) is 25.8 Å². The van der Waals surface area contributed by atoms with Gasteiger partial charge in [0.05, 0.1) is 0 Å². The number of rotatable bonds is 8. The molecular formula is C18H32N2. The molecule has 0 saturated carbocycles. The molecule has 2 N–H and O–H groups in total. The Morgan fingerprint density at radius 2 is 1.85 bits per heavy atom. The van der Waals surface area contributed by atoms with Crippen molar-refractivity contribution in [2.75, 3.05) is 11.4 Å². The van der Waals surface area contributed by atoms with Crippen LogP contribution in [0.1, 0.15) is 58.1 Å². The van der Waals surface area contributed by atoms with Crippen LogP contribution in [0.2, 0.25) is 0 Å². The number of aryl methyl sites for hydroxylation is 1. The zero-order chi connectivity index (χ0) is 15.1. The van der Waals surface area contributed by atoms with Gasteiger partial charge in [0.25, 0.3) is 0 Å². The van der Waals surface area contributed by atoms with Gasteiger partial charge in [-0.05, 0) is 63.8 Å². The van der Waals surface area contributed by atoms with Crippen LogP contribution in [0.3, 0.4) is 0 Å². The fourth-order valence-corrected chi connectivity index (χ4v) is 2.65. The van der Waals surface area contributed by atoms with Crippen LogP contribution < -0.4 is 10.6 Å². The SMILES string of the molecule is CCCCCN(c1ccc(CC(C)N)c(C)c1)C(C)C. The van der Waals surface area contributed by atoms with Crippen LogP contribution >= 0.6 is 0 Å². The summed E-state index contributed by atoms with van der Waals surface area (Å²) in [6, 6.07) is 7.61. The highest BCUT2D eigenvalue weighted by Crippen LogP contribution is 2.22. The number of unbranched alkanes of at least 4 members (excludes halogenated alkanes) is 2. The first-order chi connectivity index (χ1) is 9.45. The Bertz CT molecular complexity index is 396. The van der Waals surface area contributed by atoms with Crippen molar-refractivity contribution in [1.82, 2.24) is 0 Å². The minimum Gasteiger partial charge on any atom is -0.369 e. The van der Waals surface area contributed by atoms with E-state index in [2.05, 4.69) is 57.7 Å². The summed E-state index contributed by atoms with van der Waals surface area (Å²) in [6.45, 7) is 12.2. The molecule has 2 heteroatoms. The highest BCUT2D eigenvalue weighted by molar-refractivity contribution is 5.51. The highest BCUT2D eigenvalue weighted by atomic mass is 15.1. The summed E-state index contributed by atoms with van der Waals surface area (Å²) in [4.78, 5) is 2.51. The molecule has 0 bridgehead atoms. The minimum absolute atomic E-state index is 0.227. The third-order valence-electron chi connectivity index (χ3n) is 3.83. The van der Waals surface area contributed by atoms with Crippen LogP contribution in [0.4, 0.5) is 5.69 Å². The third kappa shape index (κ3) is 5.16. The normalized spacial score (nSPS) is 12.8. The topological polar surface area (TPSA) is 29.3 Å². The van der Waals surface area contributed by atoms with Crippen LogP contribution in [0, 0.1) is 6.92 Å². The standard InChI is InChI=1S/C18H32N2/c1-6-7-8-11-20(14(2)3)18-10-9-17(13-16(5)19)15(4)12-18/h9-10,12,14,16H,6-8,11,13,19H2,1-5H3. The molecule has 1 unspecified atom stereocenters. The van der Waals surface area contributed by atoms with E-state index < -0.39 is 0 Å². The van der Waals surface area contributed by atoms with E-state index in [9.17, 15) is 0 Å². The molecule has 2 nitrogen and oxygen atoms in total. The van der Waals surface area contributed by atoms with Gasteiger partial charge in [-0.3, -0.25) is 0 Å². The summed E-state index contributed by atoms with van der Waals surface area (Å²) < 4.78 is 0. The molecule has 0 aromatic heterocycles. The van der Waals surface area contributed by atoms with E-state index >= 15 is 0 Å². The average molecular weight is 276 g/mol. The number of hydrogen-bond donors (Lipinski definition) is 1. The lowest BCUT2D eigenvalue weighted by Crippen LogP contribution is -2.31. The summed E-state index contributed by atoms with van der Waals surface area (Å²) in [5.74, 6) is 0. The lowest BCUT2D eigenvalue weighted by Gasteiger charge is -2.30. The van der Waals surface area contributed by atoms with Gasteiger partial charge in [0.15, 0.2) is 0 Å². The fourth-order valence-electron chi connectivity index (χ4n) is 2.65. The molecule has 0 fully saturated rings. The number of benzene rings is 1. The Balaban J connectivity index is 2.83.